The molecule has 1 aromatic rings. The summed E-state index contributed by atoms with van der Waals surface area (Å²) in [6.45, 7) is 2.06. The van der Waals surface area contributed by atoms with Gasteiger partial charge >= 0.3 is 6.18 Å². The number of hydrogen-bond donors (Lipinski definition) is 4. The molecule has 7 nitrogen and oxygen atoms in total. The number of dihydropyridines is 1. The van der Waals surface area contributed by atoms with Crippen LogP contribution in [0.4, 0.5) is 19.0 Å². The van der Waals surface area contributed by atoms with E-state index in [1.54, 1.807) is 12.3 Å². The molecule has 1 aromatic heterocycles. The summed E-state index contributed by atoms with van der Waals surface area (Å²) in [6, 6.07) is 0.657. The Bertz CT molecular complexity index is 832. The summed E-state index contributed by atoms with van der Waals surface area (Å²) in [7, 11) is 0. The van der Waals surface area contributed by atoms with Crippen LogP contribution in [0.25, 0.3) is 5.57 Å². The second kappa shape index (κ2) is 6.93. The van der Waals surface area contributed by atoms with Crippen molar-refractivity contribution in [3.63, 3.8) is 0 Å². The molecule has 144 valence electrons. The number of allylic oxidation sites excluding steroid dienone is 2. The largest absolute Gasteiger partial charge is 0.405 e. The molecule has 0 saturated heterocycles. The minimum atomic E-state index is -4.46. The maximum atomic E-state index is 12.2. The summed E-state index contributed by atoms with van der Waals surface area (Å²) in [5.74, 6) is 0.00772. The monoisotopic (exact) mass is 380 g/mol. The van der Waals surface area contributed by atoms with E-state index in [4.69, 9.17) is 0 Å². The Hall–Kier alpha value is -3.04. The number of aromatic nitrogens is 2. The minimum absolute atomic E-state index is 0.339. The smallest absolute Gasteiger partial charge is 0.365 e. The van der Waals surface area contributed by atoms with Gasteiger partial charge in [0.1, 0.15) is 24.1 Å². The van der Waals surface area contributed by atoms with E-state index in [0.29, 0.717) is 11.6 Å². The molecule has 2 aliphatic heterocycles. The second-order valence-electron chi connectivity index (χ2n) is 6.37. The van der Waals surface area contributed by atoms with Gasteiger partial charge < -0.3 is 21.3 Å². The first-order valence-electron chi connectivity index (χ1n) is 8.26. The normalized spacial score (nSPS) is 22.0. The number of amides is 1. The highest BCUT2D eigenvalue weighted by atomic mass is 19.4. The first-order valence-corrected chi connectivity index (χ1v) is 8.26. The highest BCUT2D eigenvalue weighted by molar-refractivity contribution is 5.84. The average molecular weight is 380 g/mol. The molecule has 0 bridgehead atoms. The molecule has 0 aromatic carbocycles. The van der Waals surface area contributed by atoms with Gasteiger partial charge in [0.25, 0.3) is 0 Å². The Labute approximate surface area is 153 Å². The van der Waals surface area contributed by atoms with Crippen molar-refractivity contribution in [3.05, 3.63) is 48.2 Å². The van der Waals surface area contributed by atoms with Crippen LogP contribution in [0.3, 0.4) is 0 Å². The van der Waals surface area contributed by atoms with Crippen molar-refractivity contribution >= 4 is 17.3 Å². The van der Waals surface area contributed by atoms with Crippen molar-refractivity contribution in [2.45, 2.75) is 31.7 Å². The van der Waals surface area contributed by atoms with Crippen molar-refractivity contribution in [1.29, 1.82) is 0 Å². The summed E-state index contributed by atoms with van der Waals surface area (Å²) < 4.78 is 36.7. The molecule has 3 heterocycles. The van der Waals surface area contributed by atoms with Gasteiger partial charge in [-0.25, -0.2) is 9.97 Å². The van der Waals surface area contributed by atoms with Crippen molar-refractivity contribution < 1.29 is 18.0 Å². The Morgan fingerprint density at radius 1 is 1.30 bits per heavy atom. The van der Waals surface area contributed by atoms with Gasteiger partial charge in [0.2, 0.25) is 5.91 Å². The van der Waals surface area contributed by atoms with Gasteiger partial charge in [0.05, 0.1) is 0 Å². The summed E-state index contributed by atoms with van der Waals surface area (Å²) in [5, 5.41) is 11.1. The molecule has 4 N–H and O–H groups in total. The number of hydrogen-bond acceptors (Lipinski definition) is 6. The zero-order valence-electron chi connectivity index (χ0n) is 14.7. The van der Waals surface area contributed by atoms with E-state index >= 15 is 0 Å². The van der Waals surface area contributed by atoms with E-state index < -0.39 is 30.3 Å². The van der Waals surface area contributed by atoms with E-state index in [1.807, 2.05) is 30.6 Å². The van der Waals surface area contributed by atoms with Crippen molar-refractivity contribution in [3.8, 4) is 0 Å². The minimum Gasteiger partial charge on any atom is -0.365 e. The number of carbonyl (C=O) groups excluding carboxylic acids is 1. The van der Waals surface area contributed by atoms with Gasteiger partial charge in [-0.2, -0.15) is 13.2 Å². The fourth-order valence-corrected chi connectivity index (χ4v) is 2.79. The lowest BCUT2D eigenvalue weighted by Gasteiger charge is -2.31. The first-order chi connectivity index (χ1) is 12.7. The number of carbonyl (C=O) groups is 1. The molecule has 1 amide bonds. The van der Waals surface area contributed by atoms with E-state index in [2.05, 4.69) is 25.9 Å². The molecule has 27 heavy (non-hydrogen) atoms. The van der Waals surface area contributed by atoms with Crippen LogP contribution in [0, 0.1) is 0 Å². The molecule has 10 heteroatoms. The standard InChI is InChI=1S/C17H19F3N6O/c1-10(15(27)22-9-17(18,19)20)25-13-5-6-21-14(26-13)11-3-7-23-16(2)12(11)4-8-24-16/h3-8,10,23-24H,9H2,1-2H3,(H,22,27)(H,21,25,26)/t10-,16?/m0/s1. The Kier molecular flexibility index (Phi) is 4.81. The summed E-state index contributed by atoms with van der Waals surface area (Å²) >= 11 is 0. The predicted molar refractivity (Wildman–Crippen MR) is 94.1 cm³/mol. The molecular formula is C17H19F3N6O. The lowest BCUT2D eigenvalue weighted by molar-refractivity contribution is -0.138. The topological polar surface area (TPSA) is 91.0 Å². The number of alkyl halides is 3. The quantitative estimate of drug-likeness (QED) is 0.621. The number of nitrogens with zero attached hydrogens (tertiary/aromatic N) is 2. The summed E-state index contributed by atoms with van der Waals surface area (Å²) in [6.07, 6.45) is 4.44. The fraction of sp³-hybridized carbons (Fsp3) is 0.353. The number of rotatable bonds is 5. The van der Waals surface area contributed by atoms with E-state index in [1.165, 1.54) is 13.1 Å². The maximum Gasteiger partial charge on any atom is 0.405 e. The SMILES string of the molecule is C[C@H](Nc1ccnc(C2=C3C=CNC3(C)NC=C2)n1)C(=O)NCC(F)(F)F. The zero-order valence-corrected chi connectivity index (χ0v) is 14.7. The molecule has 0 saturated carbocycles. The van der Waals surface area contributed by atoms with Crippen LogP contribution in [-0.2, 0) is 4.79 Å². The van der Waals surface area contributed by atoms with Gasteiger partial charge in [-0.05, 0) is 44.5 Å². The number of anilines is 1. The lowest BCUT2D eigenvalue weighted by atomic mass is 9.95. The highest BCUT2D eigenvalue weighted by Gasteiger charge is 2.34. The van der Waals surface area contributed by atoms with Crippen LogP contribution >= 0.6 is 0 Å². The first kappa shape index (κ1) is 18.7. The van der Waals surface area contributed by atoms with Crippen molar-refractivity contribution in [2.24, 2.45) is 0 Å². The van der Waals surface area contributed by atoms with Crippen LogP contribution in [-0.4, -0.2) is 40.3 Å². The third-order valence-electron chi connectivity index (χ3n) is 4.19. The van der Waals surface area contributed by atoms with Gasteiger partial charge in [-0.1, -0.05) is 0 Å². The van der Waals surface area contributed by atoms with Gasteiger partial charge in [-0.15, -0.1) is 0 Å². The van der Waals surface area contributed by atoms with Gasteiger partial charge in [0, 0.05) is 17.3 Å². The molecule has 3 rings (SSSR count). The number of halogens is 3. The number of nitrogens with one attached hydrogen (secondary N) is 4. The van der Waals surface area contributed by atoms with Crippen molar-refractivity contribution in [2.75, 3.05) is 11.9 Å². The Morgan fingerprint density at radius 3 is 2.70 bits per heavy atom. The second-order valence-corrected chi connectivity index (χ2v) is 6.37. The third-order valence-corrected chi connectivity index (χ3v) is 4.19. The van der Waals surface area contributed by atoms with Gasteiger partial charge in [0.15, 0.2) is 5.82 Å². The molecule has 1 unspecified atom stereocenters. The van der Waals surface area contributed by atoms with Gasteiger partial charge in [-0.3, -0.25) is 4.79 Å². The Morgan fingerprint density at radius 2 is 2.00 bits per heavy atom. The van der Waals surface area contributed by atoms with Crippen LogP contribution in [0.15, 0.2) is 42.4 Å². The molecular weight excluding hydrogens is 361 g/mol. The third kappa shape index (κ3) is 4.21. The number of fused-ring (bicyclic) bond motifs is 1. The van der Waals surface area contributed by atoms with Crippen LogP contribution in [0.2, 0.25) is 0 Å². The molecule has 2 aliphatic rings. The highest BCUT2D eigenvalue weighted by Crippen LogP contribution is 2.32. The van der Waals surface area contributed by atoms with E-state index in [0.717, 1.165) is 11.1 Å². The van der Waals surface area contributed by atoms with E-state index in [-0.39, 0.29) is 0 Å². The molecule has 0 aliphatic carbocycles. The maximum absolute atomic E-state index is 12.2. The van der Waals surface area contributed by atoms with Crippen LogP contribution in [0.1, 0.15) is 19.7 Å². The summed E-state index contributed by atoms with van der Waals surface area (Å²) in [4.78, 5) is 20.5. The van der Waals surface area contributed by atoms with Crippen LogP contribution in [0.5, 0.6) is 0 Å². The lowest BCUT2D eigenvalue weighted by Crippen LogP contribution is -2.50. The molecule has 2 atom stereocenters. The molecule has 0 radical (unpaired) electrons. The summed E-state index contributed by atoms with van der Waals surface area (Å²) in [5.41, 5.74) is 1.30. The van der Waals surface area contributed by atoms with Crippen molar-refractivity contribution in [1.82, 2.24) is 25.9 Å². The molecule has 0 fully saturated rings. The Balaban J connectivity index is 1.75. The fourth-order valence-electron chi connectivity index (χ4n) is 2.79. The predicted octanol–water partition coefficient (Wildman–Crippen LogP) is 1.66. The zero-order chi connectivity index (χ0) is 19.7. The van der Waals surface area contributed by atoms with E-state index in [9.17, 15) is 18.0 Å². The average Bonchev–Trinajstić information content (AvgIpc) is 3.00. The van der Waals surface area contributed by atoms with Crippen LogP contribution < -0.4 is 21.3 Å². The molecule has 0 spiro atoms.